The average molecular weight is 143 g/mol. The van der Waals surface area contributed by atoms with Crippen LogP contribution < -0.4 is 5.32 Å². The molecule has 1 heterocycles. The van der Waals surface area contributed by atoms with Gasteiger partial charge < -0.3 is 10.4 Å². The summed E-state index contributed by atoms with van der Waals surface area (Å²) in [6.45, 7) is 2.12. The molecule has 1 aliphatic rings. The number of nitrogens with one attached hydrogen (secondary N) is 1. The van der Waals surface area contributed by atoms with Crippen molar-refractivity contribution in [2.45, 2.75) is 38.2 Å². The first-order chi connectivity index (χ1) is 4.89. The molecule has 0 aliphatic carbocycles. The fourth-order valence-electron chi connectivity index (χ4n) is 1.34. The second kappa shape index (κ2) is 4.69. The monoisotopic (exact) mass is 143 g/mol. The molecule has 1 unspecified atom stereocenters. The highest BCUT2D eigenvalue weighted by Crippen LogP contribution is 2.07. The normalized spacial score (nSPS) is 30.3. The standard InChI is InChI=1S/C8H17NO/c10-8-4-2-1-3-6-9-7-5-8/h8-10H,1-7H2. The Hall–Kier alpha value is -0.0800. The SMILES string of the molecule is OC1CCCCCNCC1. The predicted molar refractivity (Wildman–Crippen MR) is 42.0 cm³/mol. The average Bonchev–Trinajstić information content (AvgIpc) is 2.02. The zero-order valence-corrected chi connectivity index (χ0v) is 6.47. The fourth-order valence-corrected chi connectivity index (χ4v) is 1.34. The molecule has 1 fully saturated rings. The zero-order valence-electron chi connectivity index (χ0n) is 6.47. The smallest absolute Gasteiger partial charge is 0.0552 e. The molecule has 0 bridgehead atoms. The third-order valence-electron chi connectivity index (χ3n) is 2.05. The lowest BCUT2D eigenvalue weighted by Gasteiger charge is -2.06. The highest BCUT2D eigenvalue weighted by molar-refractivity contribution is 4.61. The summed E-state index contributed by atoms with van der Waals surface area (Å²) in [5.74, 6) is 0. The third-order valence-corrected chi connectivity index (χ3v) is 2.05. The molecule has 0 amide bonds. The van der Waals surface area contributed by atoms with E-state index in [4.69, 9.17) is 0 Å². The highest BCUT2D eigenvalue weighted by atomic mass is 16.3. The molecule has 0 aromatic carbocycles. The number of aliphatic hydroxyl groups is 1. The van der Waals surface area contributed by atoms with Crippen molar-refractivity contribution in [2.24, 2.45) is 0 Å². The van der Waals surface area contributed by atoms with Crippen LogP contribution in [0.15, 0.2) is 0 Å². The van der Waals surface area contributed by atoms with Gasteiger partial charge in [-0.25, -0.2) is 0 Å². The maximum atomic E-state index is 9.30. The van der Waals surface area contributed by atoms with Gasteiger partial charge in [-0.2, -0.15) is 0 Å². The minimum absolute atomic E-state index is 0.0504. The largest absolute Gasteiger partial charge is 0.393 e. The van der Waals surface area contributed by atoms with Crippen molar-refractivity contribution >= 4 is 0 Å². The van der Waals surface area contributed by atoms with Gasteiger partial charge in [0, 0.05) is 0 Å². The van der Waals surface area contributed by atoms with E-state index in [-0.39, 0.29) is 6.10 Å². The van der Waals surface area contributed by atoms with Gasteiger partial charge in [0.1, 0.15) is 0 Å². The van der Waals surface area contributed by atoms with Gasteiger partial charge in [0.2, 0.25) is 0 Å². The van der Waals surface area contributed by atoms with Gasteiger partial charge in [0.05, 0.1) is 6.10 Å². The molecule has 1 rings (SSSR count). The quantitative estimate of drug-likeness (QED) is 0.528. The van der Waals surface area contributed by atoms with E-state index in [2.05, 4.69) is 5.32 Å². The van der Waals surface area contributed by atoms with E-state index in [0.29, 0.717) is 0 Å². The summed E-state index contributed by atoms with van der Waals surface area (Å²) in [5.41, 5.74) is 0. The number of hydrogen-bond donors (Lipinski definition) is 2. The van der Waals surface area contributed by atoms with E-state index in [1.165, 1.54) is 19.3 Å². The summed E-state index contributed by atoms with van der Waals surface area (Å²) in [7, 11) is 0. The molecule has 0 spiro atoms. The lowest BCUT2D eigenvalue weighted by molar-refractivity contribution is 0.153. The van der Waals surface area contributed by atoms with Crippen molar-refractivity contribution in [3.05, 3.63) is 0 Å². The molecule has 2 heteroatoms. The molecule has 1 atom stereocenters. The summed E-state index contributed by atoms with van der Waals surface area (Å²) in [6, 6.07) is 0. The highest BCUT2D eigenvalue weighted by Gasteiger charge is 2.04. The van der Waals surface area contributed by atoms with Crippen LogP contribution in [-0.2, 0) is 0 Å². The number of hydrogen-bond acceptors (Lipinski definition) is 2. The van der Waals surface area contributed by atoms with E-state index in [1.807, 2.05) is 0 Å². The Morgan fingerprint density at radius 2 is 1.90 bits per heavy atom. The van der Waals surface area contributed by atoms with Gasteiger partial charge in [-0.15, -0.1) is 0 Å². The maximum Gasteiger partial charge on any atom is 0.0552 e. The first-order valence-electron chi connectivity index (χ1n) is 4.28. The summed E-state index contributed by atoms with van der Waals surface area (Å²) in [5, 5.41) is 12.6. The summed E-state index contributed by atoms with van der Waals surface area (Å²) in [4.78, 5) is 0. The van der Waals surface area contributed by atoms with Crippen LogP contribution in [0, 0.1) is 0 Å². The Kier molecular flexibility index (Phi) is 3.76. The molecule has 0 aromatic heterocycles. The summed E-state index contributed by atoms with van der Waals surface area (Å²) < 4.78 is 0. The van der Waals surface area contributed by atoms with Crippen molar-refractivity contribution in [2.75, 3.05) is 13.1 Å². The van der Waals surface area contributed by atoms with E-state index in [9.17, 15) is 5.11 Å². The van der Waals surface area contributed by atoms with Crippen molar-refractivity contribution in [1.82, 2.24) is 5.32 Å². The first kappa shape index (κ1) is 8.02. The molecular formula is C8H17NO. The van der Waals surface area contributed by atoms with Crippen LogP contribution in [0.25, 0.3) is 0 Å². The van der Waals surface area contributed by atoms with E-state index in [1.54, 1.807) is 0 Å². The van der Waals surface area contributed by atoms with Crippen molar-refractivity contribution in [3.63, 3.8) is 0 Å². The Morgan fingerprint density at radius 3 is 2.80 bits per heavy atom. The van der Waals surface area contributed by atoms with Crippen molar-refractivity contribution in [3.8, 4) is 0 Å². The topological polar surface area (TPSA) is 32.3 Å². The van der Waals surface area contributed by atoms with Crippen LogP contribution in [0.2, 0.25) is 0 Å². The second-order valence-electron chi connectivity index (χ2n) is 3.04. The first-order valence-corrected chi connectivity index (χ1v) is 4.28. The van der Waals surface area contributed by atoms with Crippen LogP contribution in [0.4, 0.5) is 0 Å². The Balaban J connectivity index is 2.15. The lowest BCUT2D eigenvalue weighted by Crippen LogP contribution is -2.19. The molecule has 0 radical (unpaired) electrons. The van der Waals surface area contributed by atoms with Crippen molar-refractivity contribution in [1.29, 1.82) is 0 Å². The van der Waals surface area contributed by atoms with Gasteiger partial charge in [-0.3, -0.25) is 0 Å². The third kappa shape index (κ3) is 3.18. The van der Waals surface area contributed by atoms with Crippen LogP contribution in [0.1, 0.15) is 32.1 Å². The van der Waals surface area contributed by atoms with Crippen LogP contribution in [0.5, 0.6) is 0 Å². The molecule has 0 aromatic rings. The molecule has 2 N–H and O–H groups in total. The van der Waals surface area contributed by atoms with Crippen LogP contribution >= 0.6 is 0 Å². The predicted octanol–water partition coefficient (Wildman–Crippen LogP) is 0.901. The Morgan fingerprint density at radius 1 is 1.00 bits per heavy atom. The van der Waals surface area contributed by atoms with Gasteiger partial charge in [0.25, 0.3) is 0 Å². The number of rotatable bonds is 0. The molecule has 1 aliphatic heterocycles. The van der Waals surface area contributed by atoms with E-state index in [0.717, 1.165) is 25.9 Å². The fraction of sp³-hybridized carbons (Fsp3) is 1.00. The van der Waals surface area contributed by atoms with Crippen molar-refractivity contribution < 1.29 is 5.11 Å². The van der Waals surface area contributed by atoms with E-state index < -0.39 is 0 Å². The minimum atomic E-state index is -0.0504. The summed E-state index contributed by atoms with van der Waals surface area (Å²) in [6.07, 6.45) is 5.62. The zero-order chi connectivity index (χ0) is 7.23. The summed E-state index contributed by atoms with van der Waals surface area (Å²) >= 11 is 0. The number of aliphatic hydroxyl groups excluding tert-OH is 1. The lowest BCUT2D eigenvalue weighted by atomic mass is 10.1. The van der Waals surface area contributed by atoms with Gasteiger partial charge >= 0.3 is 0 Å². The molecule has 1 saturated heterocycles. The Labute approximate surface area is 62.6 Å². The molecule has 10 heavy (non-hydrogen) atoms. The van der Waals surface area contributed by atoms with E-state index >= 15 is 0 Å². The molecule has 60 valence electrons. The Bertz CT molecular complexity index is 75.3. The minimum Gasteiger partial charge on any atom is -0.393 e. The van der Waals surface area contributed by atoms with Crippen LogP contribution in [-0.4, -0.2) is 24.3 Å². The molecular weight excluding hydrogens is 126 g/mol. The van der Waals surface area contributed by atoms with Gasteiger partial charge in [0.15, 0.2) is 0 Å². The molecule has 0 saturated carbocycles. The van der Waals surface area contributed by atoms with Crippen LogP contribution in [0.3, 0.4) is 0 Å². The van der Waals surface area contributed by atoms with Gasteiger partial charge in [-0.1, -0.05) is 12.8 Å². The maximum absolute atomic E-state index is 9.30. The second-order valence-corrected chi connectivity index (χ2v) is 3.04. The molecule has 2 nitrogen and oxygen atoms in total. The van der Waals surface area contributed by atoms with Gasteiger partial charge in [-0.05, 0) is 32.4 Å².